The molecule has 2 unspecified atom stereocenters. The van der Waals surface area contributed by atoms with E-state index in [0.29, 0.717) is 12.0 Å². The number of benzene rings is 1. The zero-order valence-electron chi connectivity index (χ0n) is 13.0. The van der Waals surface area contributed by atoms with Gasteiger partial charge >= 0.3 is 0 Å². The molecule has 0 saturated heterocycles. The number of fused-ring (bicyclic) bond motifs is 1. The van der Waals surface area contributed by atoms with Crippen molar-refractivity contribution >= 4 is 0 Å². The summed E-state index contributed by atoms with van der Waals surface area (Å²) in [6, 6.07) is 15.6. The first-order valence-corrected chi connectivity index (χ1v) is 7.96. The van der Waals surface area contributed by atoms with Crippen LogP contribution >= 0.6 is 0 Å². The van der Waals surface area contributed by atoms with Crippen molar-refractivity contribution in [3.63, 3.8) is 0 Å². The lowest BCUT2D eigenvalue weighted by Gasteiger charge is -2.29. The molecule has 2 atom stereocenters. The van der Waals surface area contributed by atoms with Crippen LogP contribution in [0.5, 0.6) is 0 Å². The minimum atomic E-state index is 0.334. The predicted octanol–water partition coefficient (Wildman–Crippen LogP) is 4.16. The molecule has 2 nitrogen and oxygen atoms in total. The number of nitrogens with zero attached hydrogens (tertiary/aromatic N) is 1. The summed E-state index contributed by atoms with van der Waals surface area (Å²) in [5.74, 6) is 0.648. The third-order valence-electron chi connectivity index (χ3n) is 4.63. The van der Waals surface area contributed by atoms with Gasteiger partial charge in [0.25, 0.3) is 0 Å². The minimum absolute atomic E-state index is 0.334. The Morgan fingerprint density at radius 2 is 2.05 bits per heavy atom. The fraction of sp³-hybridized carbons (Fsp3) is 0.421. The van der Waals surface area contributed by atoms with Crippen LogP contribution in [0, 0.1) is 6.92 Å². The van der Waals surface area contributed by atoms with Crippen molar-refractivity contribution in [3.05, 3.63) is 65.0 Å². The van der Waals surface area contributed by atoms with Crippen LogP contribution in [0.4, 0.5) is 0 Å². The number of nitrogens with one attached hydrogen (secondary N) is 1. The van der Waals surface area contributed by atoms with Gasteiger partial charge in [-0.05, 0) is 68.8 Å². The lowest BCUT2D eigenvalue weighted by atomic mass is 9.79. The molecule has 0 amide bonds. The summed E-state index contributed by atoms with van der Waals surface area (Å²) in [7, 11) is 2.05. The van der Waals surface area contributed by atoms with Gasteiger partial charge in [0.15, 0.2) is 0 Å². The van der Waals surface area contributed by atoms with E-state index in [1.807, 2.05) is 7.05 Å². The first-order chi connectivity index (χ1) is 10.3. The Morgan fingerprint density at radius 1 is 1.19 bits per heavy atom. The first kappa shape index (κ1) is 14.3. The molecule has 110 valence electrons. The molecule has 0 radical (unpaired) electrons. The van der Waals surface area contributed by atoms with Crippen LogP contribution < -0.4 is 5.32 Å². The second-order valence-corrected chi connectivity index (χ2v) is 6.07. The number of hydrogen-bond acceptors (Lipinski definition) is 2. The molecule has 2 heteroatoms. The van der Waals surface area contributed by atoms with E-state index in [-0.39, 0.29) is 0 Å². The van der Waals surface area contributed by atoms with Gasteiger partial charge in [-0.25, -0.2) is 0 Å². The van der Waals surface area contributed by atoms with Gasteiger partial charge in [0.1, 0.15) is 0 Å². The molecule has 0 aliphatic heterocycles. The van der Waals surface area contributed by atoms with E-state index in [2.05, 4.69) is 54.7 Å². The largest absolute Gasteiger partial charge is 0.312 e. The quantitative estimate of drug-likeness (QED) is 0.909. The molecule has 1 N–H and O–H groups in total. The van der Waals surface area contributed by atoms with E-state index < -0.39 is 0 Å². The van der Waals surface area contributed by atoms with Crippen LogP contribution in [0.15, 0.2) is 42.5 Å². The highest BCUT2D eigenvalue weighted by Crippen LogP contribution is 2.37. The first-order valence-electron chi connectivity index (χ1n) is 7.96. The summed E-state index contributed by atoms with van der Waals surface area (Å²) in [5, 5.41) is 3.46. The van der Waals surface area contributed by atoms with Crippen LogP contribution in [0.1, 0.15) is 53.7 Å². The molecule has 1 aromatic carbocycles. The molecular formula is C19H24N2. The predicted molar refractivity (Wildman–Crippen MR) is 87.5 cm³/mol. The fourth-order valence-electron chi connectivity index (χ4n) is 3.53. The number of rotatable bonds is 4. The summed E-state index contributed by atoms with van der Waals surface area (Å²) >= 11 is 0. The molecule has 0 spiro atoms. The summed E-state index contributed by atoms with van der Waals surface area (Å²) < 4.78 is 0. The molecule has 0 bridgehead atoms. The summed E-state index contributed by atoms with van der Waals surface area (Å²) in [4.78, 5) is 4.70. The van der Waals surface area contributed by atoms with Crippen molar-refractivity contribution in [2.45, 2.75) is 44.6 Å². The number of aromatic nitrogens is 1. The topological polar surface area (TPSA) is 24.9 Å². The van der Waals surface area contributed by atoms with Crippen molar-refractivity contribution in [1.82, 2.24) is 10.3 Å². The van der Waals surface area contributed by atoms with Gasteiger partial charge in [-0.15, -0.1) is 0 Å². The lowest BCUT2D eigenvalue weighted by molar-refractivity contribution is 0.433. The highest BCUT2D eigenvalue weighted by atomic mass is 14.9. The molecule has 1 heterocycles. The van der Waals surface area contributed by atoms with Crippen LogP contribution in [0.2, 0.25) is 0 Å². The van der Waals surface area contributed by atoms with Crippen molar-refractivity contribution in [2.75, 3.05) is 7.05 Å². The maximum Gasteiger partial charge on any atom is 0.0576 e. The van der Waals surface area contributed by atoms with Gasteiger partial charge in [0, 0.05) is 11.7 Å². The monoisotopic (exact) mass is 280 g/mol. The Kier molecular flexibility index (Phi) is 4.35. The molecule has 3 rings (SSSR count). The zero-order chi connectivity index (χ0) is 14.7. The SMILES string of the molecule is CNC(CC1CCCc2ccccc21)c1cccc(C)n1. The fourth-order valence-corrected chi connectivity index (χ4v) is 3.53. The second kappa shape index (κ2) is 6.40. The molecule has 2 aromatic rings. The normalized spacial score (nSPS) is 19.0. The van der Waals surface area contributed by atoms with Crippen LogP contribution in [-0.4, -0.2) is 12.0 Å². The van der Waals surface area contributed by atoms with E-state index in [4.69, 9.17) is 4.98 Å². The minimum Gasteiger partial charge on any atom is -0.312 e. The summed E-state index contributed by atoms with van der Waals surface area (Å²) in [6.45, 7) is 2.06. The van der Waals surface area contributed by atoms with Gasteiger partial charge in [-0.1, -0.05) is 30.3 Å². The average Bonchev–Trinajstić information content (AvgIpc) is 2.52. The molecule has 21 heavy (non-hydrogen) atoms. The van der Waals surface area contributed by atoms with E-state index in [0.717, 1.165) is 12.1 Å². The van der Waals surface area contributed by atoms with Crippen LogP contribution in [0.25, 0.3) is 0 Å². The van der Waals surface area contributed by atoms with E-state index in [9.17, 15) is 0 Å². The second-order valence-electron chi connectivity index (χ2n) is 6.07. The molecular weight excluding hydrogens is 256 g/mol. The third kappa shape index (κ3) is 3.16. The van der Waals surface area contributed by atoms with Crippen molar-refractivity contribution < 1.29 is 0 Å². The standard InChI is InChI=1S/C19H24N2/c1-14-7-5-12-18(21-14)19(20-2)13-16-10-6-9-15-8-3-4-11-17(15)16/h3-5,7-8,11-12,16,19-20H,6,9-10,13H2,1-2H3. The van der Waals surface area contributed by atoms with Crippen molar-refractivity contribution in [3.8, 4) is 0 Å². The van der Waals surface area contributed by atoms with Crippen LogP contribution in [-0.2, 0) is 6.42 Å². The van der Waals surface area contributed by atoms with Crippen LogP contribution in [0.3, 0.4) is 0 Å². The van der Waals surface area contributed by atoms with Gasteiger partial charge < -0.3 is 5.32 Å². The number of aryl methyl sites for hydroxylation is 2. The summed E-state index contributed by atoms with van der Waals surface area (Å²) in [5.41, 5.74) is 5.36. The maximum absolute atomic E-state index is 4.70. The molecule has 0 saturated carbocycles. The highest BCUT2D eigenvalue weighted by molar-refractivity contribution is 5.33. The molecule has 1 aromatic heterocycles. The maximum atomic E-state index is 4.70. The van der Waals surface area contributed by atoms with Crippen molar-refractivity contribution in [1.29, 1.82) is 0 Å². The van der Waals surface area contributed by atoms with E-state index >= 15 is 0 Å². The smallest absolute Gasteiger partial charge is 0.0576 e. The third-order valence-corrected chi connectivity index (χ3v) is 4.63. The summed E-state index contributed by atoms with van der Waals surface area (Å²) in [6.07, 6.45) is 4.96. The molecule has 0 fully saturated rings. The van der Waals surface area contributed by atoms with E-state index in [1.54, 1.807) is 11.1 Å². The lowest BCUT2D eigenvalue weighted by Crippen LogP contribution is -2.22. The Balaban J connectivity index is 1.82. The number of hydrogen-bond donors (Lipinski definition) is 1. The molecule has 1 aliphatic rings. The Bertz CT molecular complexity index is 606. The van der Waals surface area contributed by atoms with E-state index in [1.165, 1.54) is 25.0 Å². The Hall–Kier alpha value is -1.67. The Labute approximate surface area is 127 Å². The van der Waals surface area contributed by atoms with Gasteiger partial charge in [-0.3, -0.25) is 4.98 Å². The van der Waals surface area contributed by atoms with Gasteiger partial charge in [0.05, 0.1) is 5.69 Å². The zero-order valence-corrected chi connectivity index (χ0v) is 13.0. The molecule has 1 aliphatic carbocycles. The number of pyridine rings is 1. The Morgan fingerprint density at radius 3 is 2.86 bits per heavy atom. The average molecular weight is 280 g/mol. The van der Waals surface area contributed by atoms with Crippen molar-refractivity contribution in [2.24, 2.45) is 0 Å². The van der Waals surface area contributed by atoms with Gasteiger partial charge in [0.2, 0.25) is 0 Å². The highest BCUT2D eigenvalue weighted by Gasteiger charge is 2.23. The van der Waals surface area contributed by atoms with Gasteiger partial charge in [-0.2, -0.15) is 0 Å².